The summed E-state index contributed by atoms with van der Waals surface area (Å²) < 4.78 is 0. The monoisotopic (exact) mass is 407 g/mol. The van der Waals surface area contributed by atoms with E-state index in [-0.39, 0.29) is 17.7 Å². The molecule has 2 aromatic carbocycles. The summed E-state index contributed by atoms with van der Waals surface area (Å²) in [6, 6.07) is 12.0. The van der Waals surface area contributed by atoms with Crippen LogP contribution >= 0.6 is 0 Å². The molecule has 9 nitrogen and oxygen atoms in total. The minimum absolute atomic E-state index is 0.0817. The molecule has 154 valence electrons. The first kappa shape index (κ1) is 19.4. The maximum Gasteiger partial charge on any atom is 0.293 e. The number of nitro groups is 1. The number of anilines is 1. The van der Waals surface area contributed by atoms with Crippen LogP contribution in [-0.2, 0) is 11.2 Å². The maximum atomic E-state index is 12.4. The zero-order valence-electron chi connectivity index (χ0n) is 16.2. The van der Waals surface area contributed by atoms with Crippen LogP contribution in [0.2, 0.25) is 0 Å². The Kier molecular flexibility index (Phi) is 5.34. The molecule has 3 aromatic rings. The van der Waals surface area contributed by atoms with Gasteiger partial charge in [0.1, 0.15) is 5.69 Å². The topological polar surface area (TPSA) is 120 Å². The van der Waals surface area contributed by atoms with Crippen molar-refractivity contribution in [3.8, 4) is 0 Å². The van der Waals surface area contributed by atoms with Gasteiger partial charge in [-0.3, -0.25) is 30.6 Å². The van der Waals surface area contributed by atoms with Gasteiger partial charge in [0, 0.05) is 41.8 Å². The summed E-state index contributed by atoms with van der Waals surface area (Å²) in [7, 11) is 0. The number of hydrogen-bond donors (Lipinski definition) is 3. The Bertz CT molecular complexity index is 1120. The molecule has 3 N–H and O–H groups in total. The number of H-pyrrole nitrogens is 1. The third-order valence-corrected chi connectivity index (χ3v) is 5.22. The SMILES string of the molecule is O=C(Cc1c[nH]c2ccccc12)NNC(=O)c1ccc(N2CCCC2)c([N+](=O)[O-])c1. The molecular weight excluding hydrogens is 386 g/mol. The highest BCUT2D eigenvalue weighted by Crippen LogP contribution is 2.31. The van der Waals surface area contributed by atoms with E-state index in [4.69, 9.17) is 0 Å². The highest BCUT2D eigenvalue weighted by molar-refractivity contribution is 5.97. The molecule has 30 heavy (non-hydrogen) atoms. The number of nitro benzene ring substituents is 1. The fourth-order valence-electron chi connectivity index (χ4n) is 3.73. The van der Waals surface area contributed by atoms with Gasteiger partial charge in [-0.2, -0.15) is 0 Å². The van der Waals surface area contributed by atoms with Crippen molar-refractivity contribution in [2.75, 3.05) is 18.0 Å². The van der Waals surface area contributed by atoms with Crippen LogP contribution in [0.5, 0.6) is 0 Å². The second-order valence-corrected chi connectivity index (χ2v) is 7.19. The zero-order valence-corrected chi connectivity index (χ0v) is 16.2. The first-order chi connectivity index (χ1) is 14.5. The normalized spacial score (nSPS) is 13.4. The number of amides is 2. The number of rotatable bonds is 5. The number of hydrazine groups is 1. The molecule has 2 heterocycles. The van der Waals surface area contributed by atoms with Crippen molar-refractivity contribution in [1.82, 2.24) is 15.8 Å². The number of nitrogens with zero attached hydrogens (tertiary/aromatic N) is 2. The predicted molar refractivity (Wildman–Crippen MR) is 112 cm³/mol. The Morgan fingerprint density at radius 2 is 1.87 bits per heavy atom. The average molecular weight is 407 g/mol. The van der Waals surface area contributed by atoms with E-state index in [0.717, 1.165) is 42.4 Å². The number of carbonyl (C=O) groups is 2. The number of nitrogens with one attached hydrogen (secondary N) is 3. The maximum absolute atomic E-state index is 12.4. The average Bonchev–Trinajstić information content (AvgIpc) is 3.42. The van der Waals surface area contributed by atoms with Crippen LogP contribution in [0.4, 0.5) is 11.4 Å². The van der Waals surface area contributed by atoms with E-state index in [1.165, 1.54) is 12.1 Å². The molecule has 1 aromatic heterocycles. The van der Waals surface area contributed by atoms with Crippen molar-refractivity contribution in [3.05, 3.63) is 69.9 Å². The largest absolute Gasteiger partial charge is 0.366 e. The van der Waals surface area contributed by atoms with Crippen molar-refractivity contribution in [1.29, 1.82) is 0 Å². The second-order valence-electron chi connectivity index (χ2n) is 7.19. The smallest absolute Gasteiger partial charge is 0.293 e. The van der Waals surface area contributed by atoms with Crippen molar-refractivity contribution in [2.24, 2.45) is 0 Å². The van der Waals surface area contributed by atoms with Crippen molar-refractivity contribution < 1.29 is 14.5 Å². The van der Waals surface area contributed by atoms with Gasteiger partial charge in [-0.05, 0) is 36.6 Å². The summed E-state index contributed by atoms with van der Waals surface area (Å²) in [6.07, 6.45) is 3.81. The zero-order chi connectivity index (χ0) is 21.1. The fourth-order valence-corrected chi connectivity index (χ4v) is 3.73. The number of aromatic amines is 1. The van der Waals surface area contributed by atoms with E-state index >= 15 is 0 Å². The molecule has 0 atom stereocenters. The summed E-state index contributed by atoms with van der Waals surface area (Å²) in [6.45, 7) is 1.52. The molecule has 0 aliphatic carbocycles. The minimum Gasteiger partial charge on any atom is -0.366 e. The molecule has 1 aliphatic heterocycles. The third kappa shape index (κ3) is 3.95. The third-order valence-electron chi connectivity index (χ3n) is 5.22. The van der Waals surface area contributed by atoms with Gasteiger partial charge in [0.25, 0.3) is 11.6 Å². The van der Waals surface area contributed by atoms with Gasteiger partial charge in [-0.1, -0.05) is 18.2 Å². The summed E-state index contributed by atoms with van der Waals surface area (Å²) in [5.74, 6) is -1.00. The molecule has 1 fully saturated rings. The van der Waals surface area contributed by atoms with E-state index in [0.29, 0.717) is 5.69 Å². The number of benzene rings is 2. The van der Waals surface area contributed by atoms with Crippen LogP contribution < -0.4 is 15.8 Å². The number of para-hydroxylation sites is 1. The van der Waals surface area contributed by atoms with E-state index in [1.54, 1.807) is 12.3 Å². The van der Waals surface area contributed by atoms with Gasteiger partial charge in [-0.15, -0.1) is 0 Å². The van der Waals surface area contributed by atoms with Gasteiger partial charge in [-0.25, -0.2) is 0 Å². The molecule has 0 saturated carbocycles. The van der Waals surface area contributed by atoms with Crippen molar-refractivity contribution >= 4 is 34.1 Å². The summed E-state index contributed by atoms with van der Waals surface area (Å²) >= 11 is 0. The van der Waals surface area contributed by atoms with E-state index in [1.807, 2.05) is 29.2 Å². The van der Waals surface area contributed by atoms with Gasteiger partial charge in [0.15, 0.2) is 0 Å². The highest BCUT2D eigenvalue weighted by Gasteiger charge is 2.24. The van der Waals surface area contributed by atoms with Gasteiger partial charge in [0.2, 0.25) is 5.91 Å². The lowest BCUT2D eigenvalue weighted by Crippen LogP contribution is -2.42. The molecule has 0 unspecified atom stereocenters. The Labute approximate surface area is 172 Å². The van der Waals surface area contributed by atoms with E-state index < -0.39 is 16.7 Å². The van der Waals surface area contributed by atoms with E-state index in [2.05, 4.69) is 15.8 Å². The lowest BCUT2D eigenvalue weighted by Gasteiger charge is -2.17. The lowest BCUT2D eigenvalue weighted by atomic mass is 10.1. The standard InChI is InChI=1S/C21H21N5O4/c27-20(12-15-13-22-17-6-2-1-5-16(15)17)23-24-21(28)14-7-8-18(19(11-14)26(29)30)25-9-3-4-10-25/h1-2,5-8,11,13,22H,3-4,9-10,12H2,(H,23,27)(H,24,28). The molecule has 1 aliphatic rings. The van der Waals surface area contributed by atoms with Crippen LogP contribution in [0.25, 0.3) is 10.9 Å². The number of aromatic nitrogens is 1. The summed E-state index contributed by atoms with van der Waals surface area (Å²) in [4.78, 5) is 40.7. The summed E-state index contributed by atoms with van der Waals surface area (Å²) in [5.41, 5.74) is 6.94. The summed E-state index contributed by atoms with van der Waals surface area (Å²) in [5, 5.41) is 12.4. The van der Waals surface area contributed by atoms with Crippen LogP contribution in [0, 0.1) is 10.1 Å². The number of carbonyl (C=O) groups excluding carboxylic acids is 2. The Morgan fingerprint density at radius 1 is 1.10 bits per heavy atom. The Morgan fingerprint density at radius 3 is 2.63 bits per heavy atom. The van der Waals surface area contributed by atoms with Crippen LogP contribution in [-0.4, -0.2) is 34.8 Å². The fraction of sp³-hybridized carbons (Fsp3) is 0.238. The van der Waals surface area contributed by atoms with Gasteiger partial charge < -0.3 is 9.88 Å². The van der Waals surface area contributed by atoms with E-state index in [9.17, 15) is 19.7 Å². The molecule has 2 amide bonds. The second kappa shape index (κ2) is 8.24. The van der Waals surface area contributed by atoms with Gasteiger partial charge in [0.05, 0.1) is 11.3 Å². The highest BCUT2D eigenvalue weighted by atomic mass is 16.6. The molecule has 0 bridgehead atoms. The molecule has 0 radical (unpaired) electrons. The lowest BCUT2D eigenvalue weighted by molar-refractivity contribution is -0.384. The number of fused-ring (bicyclic) bond motifs is 1. The molecule has 0 spiro atoms. The van der Waals surface area contributed by atoms with Crippen molar-refractivity contribution in [2.45, 2.75) is 19.3 Å². The first-order valence-electron chi connectivity index (χ1n) is 9.70. The Hall–Kier alpha value is -3.88. The Balaban J connectivity index is 1.41. The molecular formula is C21H21N5O4. The quantitative estimate of drug-likeness (QED) is 0.444. The first-order valence-corrected chi connectivity index (χ1v) is 9.70. The van der Waals surface area contributed by atoms with Crippen LogP contribution in [0.15, 0.2) is 48.7 Å². The van der Waals surface area contributed by atoms with Crippen LogP contribution in [0.1, 0.15) is 28.8 Å². The minimum atomic E-state index is -0.613. The van der Waals surface area contributed by atoms with Crippen molar-refractivity contribution in [3.63, 3.8) is 0 Å². The molecule has 9 heteroatoms. The molecule has 4 rings (SSSR count). The van der Waals surface area contributed by atoms with Crippen LogP contribution in [0.3, 0.4) is 0 Å². The molecule has 1 saturated heterocycles. The van der Waals surface area contributed by atoms with Gasteiger partial charge >= 0.3 is 0 Å². The number of hydrogen-bond acceptors (Lipinski definition) is 5. The predicted octanol–water partition coefficient (Wildman–Crippen LogP) is 2.68.